The van der Waals surface area contributed by atoms with Crippen molar-refractivity contribution >= 4 is 40.2 Å². The summed E-state index contributed by atoms with van der Waals surface area (Å²) in [5, 5.41) is 21.6. The lowest BCUT2D eigenvalue weighted by Gasteiger charge is -2.29. The minimum Gasteiger partial charge on any atom is -0.462 e. The van der Waals surface area contributed by atoms with Crippen LogP contribution in [0.5, 0.6) is 0 Å². The Balaban J connectivity index is 1.02. The van der Waals surface area contributed by atoms with Crippen molar-refractivity contribution in [1.29, 1.82) is 0 Å². The number of nitrogens with one attached hydrogen (secondary N) is 3. The van der Waals surface area contributed by atoms with Gasteiger partial charge in [-0.05, 0) is 49.8 Å². The highest BCUT2D eigenvalue weighted by atomic mass is 35.5. The molecule has 3 aromatic rings. The Bertz CT molecular complexity index is 1220. The number of ether oxygens (including phenoxy) is 2. The second kappa shape index (κ2) is 12.6. The first-order valence-electron chi connectivity index (χ1n) is 12.9. The van der Waals surface area contributed by atoms with Crippen LogP contribution in [0.1, 0.15) is 37.4 Å². The summed E-state index contributed by atoms with van der Waals surface area (Å²) in [5.41, 5.74) is 1.01. The highest BCUT2D eigenvalue weighted by Gasteiger charge is 2.23. The first-order valence-corrected chi connectivity index (χ1v) is 13.3. The molecule has 2 fully saturated rings. The van der Waals surface area contributed by atoms with Crippen molar-refractivity contribution in [3.05, 3.63) is 47.5 Å². The van der Waals surface area contributed by atoms with E-state index in [2.05, 4.69) is 35.9 Å². The largest absolute Gasteiger partial charge is 0.462 e. The highest BCUT2D eigenvalue weighted by molar-refractivity contribution is 6.33. The summed E-state index contributed by atoms with van der Waals surface area (Å²) < 4.78 is 10.2. The molecule has 0 amide bonds. The lowest BCUT2D eigenvalue weighted by Crippen LogP contribution is -2.47. The van der Waals surface area contributed by atoms with Gasteiger partial charge in [0.15, 0.2) is 11.3 Å². The molecule has 1 saturated carbocycles. The fourth-order valence-corrected chi connectivity index (χ4v) is 4.81. The summed E-state index contributed by atoms with van der Waals surface area (Å²) in [7, 11) is 0. The Kier molecular flexibility index (Phi) is 8.79. The maximum absolute atomic E-state index is 12.1. The third-order valence-electron chi connectivity index (χ3n) is 6.94. The van der Waals surface area contributed by atoms with Gasteiger partial charge >= 0.3 is 5.97 Å². The Morgan fingerprint density at radius 2 is 1.89 bits per heavy atom. The number of rotatable bonds is 11. The van der Waals surface area contributed by atoms with E-state index in [0.29, 0.717) is 59.9 Å². The number of hydrogen-bond donors (Lipinski definition) is 4. The topological polar surface area (TPSA) is 143 Å². The molecule has 4 heterocycles. The number of aliphatic hydroxyl groups excluding tert-OH is 1. The van der Waals surface area contributed by atoms with E-state index in [-0.39, 0.29) is 6.61 Å². The number of nitrogens with zero attached hydrogens (tertiary/aromatic N) is 4. The number of aliphatic hydroxyl groups is 1. The molecule has 1 atom stereocenters. The van der Waals surface area contributed by atoms with Crippen LogP contribution >= 0.6 is 11.6 Å². The van der Waals surface area contributed by atoms with E-state index in [1.807, 2.05) is 18.2 Å². The van der Waals surface area contributed by atoms with Crippen LogP contribution in [0.2, 0.25) is 5.15 Å². The number of carbonyl (C=O) groups is 1. The smallest absolute Gasteiger partial charge is 0.339 e. The fourth-order valence-electron chi connectivity index (χ4n) is 4.60. The van der Waals surface area contributed by atoms with Gasteiger partial charge in [0.1, 0.15) is 17.9 Å². The van der Waals surface area contributed by atoms with Gasteiger partial charge in [-0.2, -0.15) is 0 Å². The molecule has 0 aromatic carbocycles. The van der Waals surface area contributed by atoms with Crippen LogP contribution < -0.4 is 16.0 Å². The van der Waals surface area contributed by atoms with E-state index in [4.69, 9.17) is 21.1 Å². The van der Waals surface area contributed by atoms with Crippen LogP contribution in [0.15, 0.2) is 36.8 Å². The summed E-state index contributed by atoms with van der Waals surface area (Å²) >= 11 is 6.20. The summed E-state index contributed by atoms with van der Waals surface area (Å²) in [5.74, 6) is 1.06. The van der Waals surface area contributed by atoms with E-state index in [9.17, 15) is 9.90 Å². The molecule has 0 bridgehead atoms. The molecule has 0 spiro atoms. The molecular weight excluding hydrogens is 510 g/mol. The van der Waals surface area contributed by atoms with Gasteiger partial charge in [0.25, 0.3) is 0 Å². The Morgan fingerprint density at radius 3 is 2.63 bits per heavy atom. The zero-order valence-electron chi connectivity index (χ0n) is 21.0. The lowest BCUT2D eigenvalue weighted by atomic mass is 9.86. The molecule has 38 heavy (non-hydrogen) atoms. The number of fused-ring (bicyclic) bond motifs is 1. The predicted octanol–water partition coefficient (Wildman–Crippen LogP) is 2.72. The highest BCUT2D eigenvalue weighted by Crippen LogP contribution is 2.28. The van der Waals surface area contributed by atoms with Gasteiger partial charge in [0.05, 0.1) is 19.3 Å². The zero-order valence-corrected chi connectivity index (χ0v) is 21.7. The molecule has 1 unspecified atom stereocenters. The number of carbonyl (C=O) groups excluding carboxylic acids is 1. The molecule has 202 valence electrons. The standard InChI is InChI=1S/C26H32ClN7O4/c27-24-22-17(7-8-29-24)3-6-21(34-22)33-19-4-1-16(2-5-19)11-30-26-31-12-18(13-32-26)23(35)25(36)38-10-9-28-20-14-37-15-20/h3,6-8,12-13,16,19-20,23,28,35H,1-2,4-5,9-11,14-15H2,(H,33,34)(H,30,31,32). The molecule has 3 aromatic heterocycles. The van der Waals surface area contributed by atoms with Crippen LogP contribution in [0.4, 0.5) is 11.8 Å². The predicted molar refractivity (Wildman–Crippen MR) is 143 cm³/mol. The third kappa shape index (κ3) is 6.84. The second-order valence-electron chi connectivity index (χ2n) is 9.71. The molecule has 2 aliphatic rings. The Hall–Kier alpha value is -3.12. The number of hydrogen-bond acceptors (Lipinski definition) is 11. The molecule has 5 rings (SSSR count). The van der Waals surface area contributed by atoms with Crippen molar-refractivity contribution in [3.8, 4) is 0 Å². The average molecular weight is 542 g/mol. The SMILES string of the molecule is O=C(OCCNC1COC1)C(O)c1cnc(NCC2CCC(Nc3ccc4ccnc(Cl)c4n3)CC2)nc1. The maximum atomic E-state index is 12.1. The van der Waals surface area contributed by atoms with Gasteiger partial charge in [-0.1, -0.05) is 11.6 Å². The second-order valence-corrected chi connectivity index (χ2v) is 10.1. The molecule has 11 nitrogen and oxygen atoms in total. The van der Waals surface area contributed by atoms with Crippen molar-refractivity contribution in [1.82, 2.24) is 25.3 Å². The minimum absolute atomic E-state index is 0.176. The van der Waals surface area contributed by atoms with Gasteiger partial charge in [-0.25, -0.2) is 24.7 Å². The van der Waals surface area contributed by atoms with E-state index >= 15 is 0 Å². The first kappa shape index (κ1) is 26.5. The van der Waals surface area contributed by atoms with Crippen molar-refractivity contribution in [2.24, 2.45) is 5.92 Å². The van der Waals surface area contributed by atoms with Gasteiger partial charge in [0, 0.05) is 48.7 Å². The van der Waals surface area contributed by atoms with Gasteiger partial charge in [0.2, 0.25) is 5.95 Å². The fraction of sp³-hybridized carbons (Fsp3) is 0.500. The minimum atomic E-state index is -1.41. The van der Waals surface area contributed by atoms with Gasteiger partial charge in [-0.3, -0.25) is 0 Å². The summed E-state index contributed by atoms with van der Waals surface area (Å²) in [6.07, 6.45) is 7.35. The van der Waals surface area contributed by atoms with Crippen LogP contribution in [-0.4, -0.2) is 76.0 Å². The first-order chi connectivity index (χ1) is 18.5. The Morgan fingerprint density at radius 1 is 1.11 bits per heavy atom. The summed E-state index contributed by atoms with van der Waals surface area (Å²) in [6, 6.07) is 6.55. The molecule has 4 N–H and O–H groups in total. The van der Waals surface area contributed by atoms with Crippen LogP contribution in [0.3, 0.4) is 0 Å². The van der Waals surface area contributed by atoms with Crippen molar-refractivity contribution < 1.29 is 19.4 Å². The normalized spacial score (nSPS) is 20.5. The number of pyridine rings is 2. The van der Waals surface area contributed by atoms with E-state index < -0.39 is 12.1 Å². The van der Waals surface area contributed by atoms with E-state index in [0.717, 1.165) is 43.4 Å². The average Bonchev–Trinajstić information content (AvgIpc) is 2.92. The molecule has 0 radical (unpaired) electrons. The lowest BCUT2D eigenvalue weighted by molar-refractivity contribution is -0.154. The quantitative estimate of drug-likeness (QED) is 0.161. The van der Waals surface area contributed by atoms with Crippen LogP contribution in [0.25, 0.3) is 10.9 Å². The molecule has 1 aliphatic heterocycles. The molecule has 1 saturated heterocycles. The van der Waals surface area contributed by atoms with Gasteiger partial charge < -0.3 is 30.5 Å². The van der Waals surface area contributed by atoms with E-state index in [1.165, 1.54) is 12.4 Å². The van der Waals surface area contributed by atoms with Crippen molar-refractivity contribution in [2.45, 2.75) is 43.9 Å². The molecule has 1 aliphatic carbocycles. The molecule has 12 heteroatoms. The zero-order chi connectivity index (χ0) is 26.3. The number of esters is 1. The number of aromatic nitrogens is 4. The van der Waals surface area contributed by atoms with Gasteiger partial charge in [-0.15, -0.1) is 0 Å². The van der Waals surface area contributed by atoms with Crippen LogP contribution in [-0.2, 0) is 14.3 Å². The summed E-state index contributed by atoms with van der Waals surface area (Å²) in [6.45, 7) is 2.78. The maximum Gasteiger partial charge on any atom is 0.339 e. The molecular formula is C26H32ClN7O4. The van der Waals surface area contributed by atoms with Crippen LogP contribution in [0, 0.1) is 5.92 Å². The third-order valence-corrected chi connectivity index (χ3v) is 7.22. The Labute approximate surface area is 225 Å². The number of anilines is 2. The van der Waals surface area contributed by atoms with Crippen molar-refractivity contribution in [2.75, 3.05) is 43.5 Å². The number of halogens is 1. The van der Waals surface area contributed by atoms with E-state index in [1.54, 1.807) is 6.20 Å². The van der Waals surface area contributed by atoms with Crippen molar-refractivity contribution in [3.63, 3.8) is 0 Å². The summed E-state index contributed by atoms with van der Waals surface area (Å²) in [4.78, 5) is 29.3. The monoisotopic (exact) mass is 541 g/mol.